The van der Waals surface area contributed by atoms with Crippen molar-refractivity contribution in [3.63, 3.8) is 0 Å². The molecule has 0 saturated carbocycles. The lowest BCUT2D eigenvalue weighted by molar-refractivity contribution is -0.129. The van der Waals surface area contributed by atoms with E-state index in [4.69, 9.17) is 5.73 Å². The van der Waals surface area contributed by atoms with Crippen molar-refractivity contribution in [2.24, 2.45) is 17.1 Å². The van der Waals surface area contributed by atoms with Crippen LogP contribution in [0.25, 0.3) is 0 Å². The van der Waals surface area contributed by atoms with Gasteiger partial charge >= 0.3 is 0 Å². The Balaban J connectivity index is 4.61. The highest BCUT2D eigenvalue weighted by atomic mass is 16.1. The number of rotatable bonds is 9. The molecular weight excluding hydrogens is 198 g/mol. The zero-order valence-corrected chi connectivity index (χ0v) is 11.5. The molecule has 0 aromatic heterocycles. The van der Waals surface area contributed by atoms with Gasteiger partial charge in [-0.1, -0.05) is 53.4 Å². The average molecular weight is 227 g/mol. The lowest BCUT2D eigenvalue weighted by atomic mass is 9.72. The molecular formula is C14H29NO. The maximum Gasteiger partial charge on any atom is 0.223 e. The van der Waals surface area contributed by atoms with Crippen molar-refractivity contribution in [1.29, 1.82) is 0 Å². The predicted molar refractivity (Wildman–Crippen MR) is 70.1 cm³/mol. The van der Waals surface area contributed by atoms with E-state index in [2.05, 4.69) is 27.7 Å². The number of carbonyl (C=O) groups excluding carboxylic acids is 1. The van der Waals surface area contributed by atoms with Gasteiger partial charge in [0.15, 0.2) is 0 Å². The topological polar surface area (TPSA) is 43.1 Å². The van der Waals surface area contributed by atoms with Crippen LogP contribution in [-0.2, 0) is 4.79 Å². The van der Waals surface area contributed by atoms with E-state index >= 15 is 0 Å². The smallest absolute Gasteiger partial charge is 0.223 e. The quantitative estimate of drug-likeness (QED) is 0.638. The van der Waals surface area contributed by atoms with E-state index in [0.717, 1.165) is 19.3 Å². The maximum absolute atomic E-state index is 11.6. The van der Waals surface area contributed by atoms with Gasteiger partial charge in [0, 0.05) is 5.41 Å². The molecule has 0 heterocycles. The average Bonchev–Trinajstić information content (AvgIpc) is 2.26. The molecule has 0 aliphatic carbocycles. The molecule has 0 saturated heterocycles. The van der Waals surface area contributed by atoms with Crippen molar-refractivity contribution in [3.8, 4) is 0 Å². The third-order valence-corrected chi connectivity index (χ3v) is 3.95. The Morgan fingerprint density at radius 3 is 1.75 bits per heavy atom. The van der Waals surface area contributed by atoms with E-state index in [1.54, 1.807) is 0 Å². The summed E-state index contributed by atoms with van der Waals surface area (Å²) in [6.07, 6.45) is 7.59. The first-order valence-corrected chi connectivity index (χ1v) is 6.86. The highest BCUT2D eigenvalue weighted by molar-refractivity contribution is 5.80. The number of nitrogens with two attached hydrogens (primary N) is 1. The van der Waals surface area contributed by atoms with Gasteiger partial charge in [-0.25, -0.2) is 0 Å². The van der Waals surface area contributed by atoms with E-state index in [9.17, 15) is 4.79 Å². The standard InChI is InChI=1S/C14H29NO/c1-5-9-12(10-6-2)11-14(7-3,8-4)13(15)16/h12H,5-11H2,1-4H3,(H2,15,16). The predicted octanol–water partition coefficient (Wildman–Crippen LogP) is 3.88. The van der Waals surface area contributed by atoms with Crippen molar-refractivity contribution in [2.45, 2.75) is 72.6 Å². The molecule has 2 nitrogen and oxygen atoms in total. The second-order valence-corrected chi connectivity index (χ2v) is 5.00. The molecule has 0 fully saturated rings. The fourth-order valence-corrected chi connectivity index (χ4v) is 2.71. The molecule has 0 atom stereocenters. The van der Waals surface area contributed by atoms with E-state index < -0.39 is 0 Å². The number of amides is 1. The summed E-state index contributed by atoms with van der Waals surface area (Å²) in [5, 5.41) is 0. The van der Waals surface area contributed by atoms with Crippen LogP contribution in [0.4, 0.5) is 0 Å². The van der Waals surface area contributed by atoms with Crippen molar-refractivity contribution in [3.05, 3.63) is 0 Å². The van der Waals surface area contributed by atoms with E-state index in [-0.39, 0.29) is 11.3 Å². The largest absolute Gasteiger partial charge is 0.369 e. The van der Waals surface area contributed by atoms with Crippen molar-refractivity contribution in [2.75, 3.05) is 0 Å². The van der Waals surface area contributed by atoms with Crippen LogP contribution in [0.15, 0.2) is 0 Å². The molecule has 0 spiro atoms. The highest BCUT2D eigenvalue weighted by Gasteiger charge is 2.34. The first kappa shape index (κ1) is 15.5. The fourth-order valence-electron chi connectivity index (χ4n) is 2.71. The van der Waals surface area contributed by atoms with Crippen LogP contribution in [0.2, 0.25) is 0 Å². The lowest BCUT2D eigenvalue weighted by Crippen LogP contribution is -2.37. The Hall–Kier alpha value is -0.530. The van der Waals surface area contributed by atoms with E-state index in [1.165, 1.54) is 25.7 Å². The SMILES string of the molecule is CCCC(CCC)CC(CC)(CC)C(N)=O. The van der Waals surface area contributed by atoms with Crippen molar-refractivity contribution < 1.29 is 4.79 Å². The van der Waals surface area contributed by atoms with Crippen LogP contribution in [0.5, 0.6) is 0 Å². The van der Waals surface area contributed by atoms with Gasteiger partial charge in [0.25, 0.3) is 0 Å². The number of primary amides is 1. The molecule has 0 rings (SSSR count). The minimum atomic E-state index is -0.255. The monoisotopic (exact) mass is 227 g/mol. The zero-order valence-electron chi connectivity index (χ0n) is 11.5. The minimum absolute atomic E-state index is 0.102. The second-order valence-electron chi connectivity index (χ2n) is 5.00. The summed E-state index contributed by atoms with van der Waals surface area (Å²) in [6.45, 7) is 8.60. The molecule has 0 aliphatic rings. The Labute approximate surface area is 101 Å². The summed E-state index contributed by atoms with van der Waals surface area (Å²) < 4.78 is 0. The maximum atomic E-state index is 11.6. The first-order valence-electron chi connectivity index (χ1n) is 6.86. The normalized spacial score (nSPS) is 12.1. The Kier molecular flexibility index (Phi) is 7.44. The Morgan fingerprint density at radius 2 is 1.50 bits per heavy atom. The Morgan fingerprint density at radius 1 is 1.06 bits per heavy atom. The first-order chi connectivity index (χ1) is 7.56. The summed E-state index contributed by atoms with van der Waals surface area (Å²) in [5.74, 6) is 0.567. The molecule has 2 heteroatoms. The van der Waals surface area contributed by atoms with Gasteiger partial charge in [0.05, 0.1) is 0 Å². The molecule has 2 N–H and O–H groups in total. The van der Waals surface area contributed by atoms with Crippen LogP contribution < -0.4 is 5.73 Å². The zero-order chi connectivity index (χ0) is 12.6. The highest BCUT2D eigenvalue weighted by Crippen LogP contribution is 2.36. The molecule has 96 valence electrons. The summed E-state index contributed by atoms with van der Waals surface area (Å²) in [4.78, 5) is 11.6. The van der Waals surface area contributed by atoms with Crippen molar-refractivity contribution >= 4 is 5.91 Å². The van der Waals surface area contributed by atoms with Crippen LogP contribution in [0, 0.1) is 11.3 Å². The number of hydrogen-bond donors (Lipinski definition) is 1. The van der Waals surface area contributed by atoms with E-state index in [0.29, 0.717) is 5.92 Å². The molecule has 16 heavy (non-hydrogen) atoms. The number of carbonyl (C=O) groups is 1. The summed E-state index contributed by atoms with van der Waals surface area (Å²) in [7, 11) is 0. The van der Waals surface area contributed by atoms with Crippen LogP contribution >= 0.6 is 0 Å². The third kappa shape index (κ3) is 4.15. The van der Waals surface area contributed by atoms with Crippen molar-refractivity contribution in [1.82, 2.24) is 0 Å². The van der Waals surface area contributed by atoms with Gasteiger partial charge in [-0.3, -0.25) is 4.79 Å². The third-order valence-electron chi connectivity index (χ3n) is 3.95. The molecule has 0 aromatic rings. The van der Waals surface area contributed by atoms with Gasteiger partial charge in [-0.2, -0.15) is 0 Å². The second kappa shape index (κ2) is 7.70. The summed E-state index contributed by atoms with van der Waals surface area (Å²) in [5.41, 5.74) is 5.34. The molecule has 0 radical (unpaired) electrons. The Bertz CT molecular complexity index is 191. The molecule has 1 amide bonds. The summed E-state index contributed by atoms with van der Waals surface area (Å²) in [6, 6.07) is 0. The molecule has 0 unspecified atom stereocenters. The summed E-state index contributed by atoms with van der Waals surface area (Å²) >= 11 is 0. The number of hydrogen-bond acceptors (Lipinski definition) is 1. The van der Waals surface area contributed by atoms with Gasteiger partial charge in [0.2, 0.25) is 5.91 Å². The van der Waals surface area contributed by atoms with E-state index in [1.807, 2.05) is 0 Å². The van der Waals surface area contributed by atoms with Gasteiger partial charge in [-0.05, 0) is 25.2 Å². The van der Waals surface area contributed by atoms with Crippen LogP contribution in [-0.4, -0.2) is 5.91 Å². The van der Waals surface area contributed by atoms with Gasteiger partial charge < -0.3 is 5.73 Å². The van der Waals surface area contributed by atoms with Crippen LogP contribution in [0.1, 0.15) is 72.6 Å². The lowest BCUT2D eigenvalue weighted by Gasteiger charge is -2.32. The molecule has 0 aromatic carbocycles. The fraction of sp³-hybridized carbons (Fsp3) is 0.929. The van der Waals surface area contributed by atoms with Gasteiger partial charge in [-0.15, -0.1) is 0 Å². The molecule has 0 bridgehead atoms. The minimum Gasteiger partial charge on any atom is -0.369 e. The van der Waals surface area contributed by atoms with Gasteiger partial charge in [0.1, 0.15) is 0 Å². The van der Waals surface area contributed by atoms with Crippen LogP contribution in [0.3, 0.4) is 0 Å². The molecule has 0 aliphatic heterocycles.